The molecule has 1 heterocycles. The third-order valence-electron chi connectivity index (χ3n) is 4.18. The van der Waals surface area contributed by atoms with Crippen molar-refractivity contribution in [2.75, 3.05) is 12.3 Å². The average Bonchev–Trinajstić information content (AvgIpc) is 3.10. The fraction of sp³-hybridized carbons (Fsp3) is 0.0952. The van der Waals surface area contributed by atoms with E-state index in [1.165, 1.54) is 4.68 Å². The number of aromatic nitrogens is 2. The number of rotatable bonds is 5. The Balaban J connectivity index is 2.20. The van der Waals surface area contributed by atoms with Gasteiger partial charge in [0.05, 0.1) is 22.3 Å². The van der Waals surface area contributed by atoms with Crippen molar-refractivity contribution in [3.63, 3.8) is 0 Å². The van der Waals surface area contributed by atoms with Crippen molar-refractivity contribution in [3.8, 4) is 29.3 Å². The Morgan fingerprint density at radius 3 is 2.57 bits per heavy atom. The number of hydrogen-bond donors (Lipinski definition) is 2. The number of nitrogens with two attached hydrogens (primary N) is 1. The number of phenolic OH excluding ortho intramolecular Hbond substituents is 1. The van der Waals surface area contributed by atoms with Gasteiger partial charge in [-0.25, -0.2) is 4.68 Å². The summed E-state index contributed by atoms with van der Waals surface area (Å²) in [5, 5.41) is 34.1. The van der Waals surface area contributed by atoms with E-state index in [0.29, 0.717) is 26.8 Å². The maximum atomic E-state index is 10.2. The molecule has 0 aliphatic rings. The Kier molecular flexibility index (Phi) is 6.46. The molecule has 0 saturated heterocycles. The number of ether oxygens (including phenoxy) is 1. The quantitative estimate of drug-likeness (QED) is 0.448. The van der Waals surface area contributed by atoms with Gasteiger partial charge in [0.2, 0.25) is 0 Å². The number of allylic oxidation sites excluding steroid dienone is 1. The highest BCUT2D eigenvalue weighted by molar-refractivity contribution is 9.13. The zero-order valence-corrected chi connectivity index (χ0v) is 18.9. The number of nitrogens with zero attached hydrogens (tertiary/aromatic N) is 4. The number of para-hydroxylation sites is 1. The number of benzene rings is 2. The lowest BCUT2D eigenvalue weighted by molar-refractivity contribution is 0.317. The summed E-state index contributed by atoms with van der Waals surface area (Å²) in [6, 6.07) is 14.8. The van der Waals surface area contributed by atoms with Gasteiger partial charge >= 0.3 is 0 Å². The molecule has 0 saturated carbocycles. The largest absolute Gasteiger partial charge is 0.503 e. The standard InChI is InChI=1S/C21H15Br2N5O2/c1-2-30-16-9-12(17(22)18(23)20(16)29)8-13(10-24)19-15(11-25)21(26)28(27-19)14-6-4-3-5-7-14/h3-9,29H,2,26H2,1H3. The number of nitriles is 2. The van der Waals surface area contributed by atoms with Crippen LogP contribution in [0.15, 0.2) is 45.3 Å². The van der Waals surface area contributed by atoms with Gasteiger partial charge in [-0.1, -0.05) is 18.2 Å². The smallest absolute Gasteiger partial charge is 0.173 e. The maximum Gasteiger partial charge on any atom is 0.173 e. The topological polar surface area (TPSA) is 121 Å². The molecule has 2 aromatic carbocycles. The summed E-state index contributed by atoms with van der Waals surface area (Å²) in [4.78, 5) is 0. The molecule has 0 fully saturated rings. The third kappa shape index (κ3) is 3.90. The molecule has 0 aliphatic heterocycles. The van der Waals surface area contributed by atoms with Crippen LogP contribution in [0, 0.1) is 22.7 Å². The van der Waals surface area contributed by atoms with Gasteiger partial charge in [-0.05, 0) is 68.6 Å². The van der Waals surface area contributed by atoms with Crippen LogP contribution in [-0.2, 0) is 0 Å². The molecule has 3 aromatic rings. The molecule has 9 heteroatoms. The summed E-state index contributed by atoms with van der Waals surface area (Å²) >= 11 is 6.72. The van der Waals surface area contributed by atoms with Crippen LogP contribution in [0.3, 0.4) is 0 Å². The van der Waals surface area contributed by atoms with E-state index in [-0.39, 0.29) is 34.1 Å². The number of anilines is 1. The van der Waals surface area contributed by atoms with Crippen molar-refractivity contribution in [1.82, 2.24) is 9.78 Å². The Morgan fingerprint density at radius 2 is 1.97 bits per heavy atom. The van der Waals surface area contributed by atoms with Crippen LogP contribution in [0.2, 0.25) is 0 Å². The van der Waals surface area contributed by atoms with Crippen LogP contribution >= 0.6 is 31.9 Å². The normalized spacial score (nSPS) is 11.0. The molecule has 0 bridgehead atoms. The van der Waals surface area contributed by atoms with E-state index in [1.807, 2.05) is 24.3 Å². The van der Waals surface area contributed by atoms with Crippen LogP contribution in [0.25, 0.3) is 17.3 Å². The van der Waals surface area contributed by atoms with E-state index in [1.54, 1.807) is 31.2 Å². The minimum Gasteiger partial charge on any atom is -0.503 e. The van der Waals surface area contributed by atoms with Crippen LogP contribution in [-0.4, -0.2) is 21.5 Å². The van der Waals surface area contributed by atoms with Crippen LogP contribution in [0.5, 0.6) is 11.5 Å². The van der Waals surface area contributed by atoms with Crippen molar-refractivity contribution in [2.45, 2.75) is 6.92 Å². The zero-order chi connectivity index (χ0) is 21.8. The Bertz CT molecular complexity index is 1220. The summed E-state index contributed by atoms with van der Waals surface area (Å²) in [7, 11) is 0. The Hall–Kier alpha value is -3.27. The molecule has 3 N–H and O–H groups in total. The molecule has 7 nitrogen and oxygen atoms in total. The minimum absolute atomic E-state index is 0.0605. The molecule has 0 amide bonds. The predicted molar refractivity (Wildman–Crippen MR) is 121 cm³/mol. The maximum absolute atomic E-state index is 10.2. The van der Waals surface area contributed by atoms with Crippen molar-refractivity contribution >= 4 is 49.3 Å². The summed E-state index contributed by atoms with van der Waals surface area (Å²) in [5.41, 5.74) is 7.76. The molecule has 150 valence electrons. The van der Waals surface area contributed by atoms with E-state index in [0.717, 1.165) is 0 Å². The molecule has 0 radical (unpaired) electrons. The molecule has 0 aliphatic carbocycles. The molecule has 30 heavy (non-hydrogen) atoms. The highest BCUT2D eigenvalue weighted by Gasteiger charge is 2.21. The molecular formula is C21H15Br2N5O2. The first-order valence-electron chi connectivity index (χ1n) is 8.72. The van der Waals surface area contributed by atoms with E-state index in [4.69, 9.17) is 10.5 Å². The van der Waals surface area contributed by atoms with Gasteiger partial charge in [-0.2, -0.15) is 15.6 Å². The molecular weight excluding hydrogens is 514 g/mol. The number of phenols is 1. The van der Waals surface area contributed by atoms with E-state index in [9.17, 15) is 15.6 Å². The minimum atomic E-state index is -0.0605. The highest BCUT2D eigenvalue weighted by atomic mass is 79.9. The average molecular weight is 529 g/mol. The first-order valence-corrected chi connectivity index (χ1v) is 10.3. The zero-order valence-electron chi connectivity index (χ0n) is 15.7. The van der Waals surface area contributed by atoms with Gasteiger partial charge in [-0.3, -0.25) is 0 Å². The summed E-state index contributed by atoms with van der Waals surface area (Å²) in [6.45, 7) is 2.15. The highest BCUT2D eigenvalue weighted by Crippen LogP contribution is 2.43. The predicted octanol–water partition coefficient (Wildman–Crippen LogP) is 5.02. The second kappa shape index (κ2) is 9.04. The lowest BCUT2D eigenvalue weighted by atomic mass is 10.1. The van der Waals surface area contributed by atoms with Gasteiger partial charge in [0.25, 0.3) is 0 Å². The molecule has 0 spiro atoms. The Labute approximate surface area is 189 Å². The van der Waals surface area contributed by atoms with Crippen LogP contribution in [0.1, 0.15) is 23.7 Å². The van der Waals surface area contributed by atoms with Gasteiger partial charge in [0.1, 0.15) is 29.2 Å². The number of halogens is 2. The van der Waals surface area contributed by atoms with E-state index >= 15 is 0 Å². The molecule has 3 rings (SSSR count). The number of hydrogen-bond acceptors (Lipinski definition) is 6. The van der Waals surface area contributed by atoms with Crippen LogP contribution < -0.4 is 10.5 Å². The Morgan fingerprint density at radius 1 is 1.27 bits per heavy atom. The van der Waals surface area contributed by atoms with Crippen molar-refractivity contribution < 1.29 is 9.84 Å². The first-order chi connectivity index (χ1) is 14.4. The molecule has 0 unspecified atom stereocenters. The number of nitrogen functional groups attached to an aromatic ring is 1. The second-order valence-electron chi connectivity index (χ2n) is 6.01. The van der Waals surface area contributed by atoms with Gasteiger partial charge in [0, 0.05) is 4.47 Å². The monoisotopic (exact) mass is 527 g/mol. The van der Waals surface area contributed by atoms with Gasteiger partial charge in [0.15, 0.2) is 11.5 Å². The lowest BCUT2D eigenvalue weighted by Crippen LogP contribution is -2.02. The summed E-state index contributed by atoms with van der Waals surface area (Å²) in [6.07, 6.45) is 1.55. The van der Waals surface area contributed by atoms with Gasteiger partial charge in [-0.15, -0.1) is 0 Å². The summed E-state index contributed by atoms with van der Waals surface area (Å²) < 4.78 is 7.78. The summed E-state index contributed by atoms with van der Waals surface area (Å²) in [5.74, 6) is 0.335. The van der Waals surface area contributed by atoms with E-state index in [2.05, 4.69) is 43.0 Å². The SMILES string of the molecule is CCOc1cc(C=C(C#N)c2nn(-c3ccccc3)c(N)c2C#N)c(Br)c(Br)c1O. The second-order valence-corrected chi connectivity index (χ2v) is 7.60. The van der Waals surface area contributed by atoms with Crippen molar-refractivity contribution in [1.29, 1.82) is 10.5 Å². The molecule has 1 aromatic heterocycles. The first kappa shape index (κ1) is 21.4. The molecule has 0 atom stereocenters. The fourth-order valence-electron chi connectivity index (χ4n) is 2.79. The third-order valence-corrected chi connectivity index (χ3v) is 6.34. The van der Waals surface area contributed by atoms with Crippen molar-refractivity contribution in [2.24, 2.45) is 0 Å². The van der Waals surface area contributed by atoms with Crippen molar-refractivity contribution in [3.05, 3.63) is 62.2 Å². The van der Waals surface area contributed by atoms with E-state index < -0.39 is 0 Å². The lowest BCUT2D eigenvalue weighted by Gasteiger charge is -2.11. The number of aromatic hydroxyl groups is 1. The fourth-order valence-corrected chi connectivity index (χ4v) is 3.63. The van der Waals surface area contributed by atoms with Gasteiger partial charge < -0.3 is 15.6 Å². The van der Waals surface area contributed by atoms with Crippen LogP contribution in [0.4, 0.5) is 5.82 Å².